The van der Waals surface area contributed by atoms with Gasteiger partial charge in [-0.05, 0) is 18.2 Å². The summed E-state index contributed by atoms with van der Waals surface area (Å²) in [7, 11) is 1.37. The third kappa shape index (κ3) is 4.29. The first-order chi connectivity index (χ1) is 8.06. The van der Waals surface area contributed by atoms with Crippen LogP contribution in [0.2, 0.25) is 5.02 Å². The van der Waals surface area contributed by atoms with E-state index in [-0.39, 0.29) is 11.2 Å². The minimum Gasteiger partial charge on any atom is -0.469 e. The smallest absolute Gasteiger partial charge is 0.306 e. The zero-order valence-electron chi connectivity index (χ0n) is 9.57. The number of nitriles is 1. The van der Waals surface area contributed by atoms with Gasteiger partial charge in [-0.3, -0.25) is 4.79 Å². The first-order valence-electron chi connectivity index (χ1n) is 5.00. The highest BCUT2D eigenvalue weighted by Crippen LogP contribution is 2.29. The SMILES string of the molecule is COC(=O)CC(C)Sc1ccc(C#N)c(Cl)c1. The Bertz CT molecular complexity index is 456. The standard InChI is InChI=1S/C12H12ClNO2S/c1-8(5-12(15)16-2)17-10-4-3-9(7-14)11(13)6-10/h3-4,6,8H,5H2,1-2H3. The van der Waals surface area contributed by atoms with Gasteiger partial charge in [0.2, 0.25) is 0 Å². The quantitative estimate of drug-likeness (QED) is 0.622. The van der Waals surface area contributed by atoms with Crippen molar-refractivity contribution < 1.29 is 9.53 Å². The predicted molar refractivity (Wildman–Crippen MR) is 68.1 cm³/mol. The number of rotatable bonds is 4. The van der Waals surface area contributed by atoms with Crippen LogP contribution >= 0.6 is 23.4 Å². The number of hydrogen-bond acceptors (Lipinski definition) is 4. The van der Waals surface area contributed by atoms with Gasteiger partial charge in [0.25, 0.3) is 0 Å². The van der Waals surface area contributed by atoms with Gasteiger partial charge in [0.05, 0.1) is 24.1 Å². The first-order valence-corrected chi connectivity index (χ1v) is 6.25. The highest BCUT2D eigenvalue weighted by Gasteiger charge is 2.11. The van der Waals surface area contributed by atoms with E-state index in [1.807, 2.05) is 19.1 Å². The monoisotopic (exact) mass is 269 g/mol. The van der Waals surface area contributed by atoms with Crippen molar-refractivity contribution in [1.82, 2.24) is 0 Å². The van der Waals surface area contributed by atoms with Gasteiger partial charge in [-0.15, -0.1) is 11.8 Å². The molecule has 0 amide bonds. The van der Waals surface area contributed by atoms with Crippen molar-refractivity contribution in [3.05, 3.63) is 28.8 Å². The summed E-state index contributed by atoms with van der Waals surface area (Å²) in [6.07, 6.45) is 0.346. The molecule has 90 valence electrons. The van der Waals surface area contributed by atoms with E-state index in [0.29, 0.717) is 17.0 Å². The molecule has 1 aromatic carbocycles. The molecule has 0 heterocycles. The van der Waals surface area contributed by atoms with Crippen molar-refractivity contribution in [3.8, 4) is 6.07 Å². The third-order valence-electron chi connectivity index (χ3n) is 2.08. The zero-order valence-corrected chi connectivity index (χ0v) is 11.1. The maximum Gasteiger partial charge on any atom is 0.306 e. The van der Waals surface area contributed by atoms with Crippen molar-refractivity contribution in [3.63, 3.8) is 0 Å². The Morgan fingerprint density at radius 1 is 1.65 bits per heavy atom. The average molecular weight is 270 g/mol. The molecule has 0 spiro atoms. The third-order valence-corrected chi connectivity index (χ3v) is 3.49. The lowest BCUT2D eigenvalue weighted by Crippen LogP contribution is -2.08. The van der Waals surface area contributed by atoms with Crippen LogP contribution in [-0.2, 0) is 9.53 Å². The summed E-state index contributed by atoms with van der Waals surface area (Å²) in [5.41, 5.74) is 0.455. The van der Waals surface area contributed by atoms with Crippen LogP contribution in [0.25, 0.3) is 0 Å². The highest BCUT2D eigenvalue weighted by molar-refractivity contribution is 8.00. The van der Waals surface area contributed by atoms with E-state index in [4.69, 9.17) is 16.9 Å². The van der Waals surface area contributed by atoms with Crippen LogP contribution in [0.3, 0.4) is 0 Å². The topological polar surface area (TPSA) is 50.1 Å². The second kappa shape index (κ2) is 6.53. The number of carbonyl (C=O) groups is 1. The van der Waals surface area contributed by atoms with E-state index in [9.17, 15) is 4.79 Å². The van der Waals surface area contributed by atoms with Crippen LogP contribution in [-0.4, -0.2) is 18.3 Å². The predicted octanol–water partition coefficient (Wildman–Crippen LogP) is 3.26. The van der Waals surface area contributed by atoms with Crippen molar-refractivity contribution in [2.75, 3.05) is 7.11 Å². The molecule has 5 heteroatoms. The molecule has 1 aromatic rings. The summed E-state index contributed by atoms with van der Waals surface area (Å²) >= 11 is 7.44. The van der Waals surface area contributed by atoms with Gasteiger partial charge in [-0.25, -0.2) is 0 Å². The van der Waals surface area contributed by atoms with E-state index < -0.39 is 0 Å². The van der Waals surface area contributed by atoms with Gasteiger partial charge in [0.15, 0.2) is 0 Å². The number of hydrogen-bond donors (Lipinski definition) is 0. The molecule has 17 heavy (non-hydrogen) atoms. The van der Waals surface area contributed by atoms with Gasteiger partial charge in [-0.2, -0.15) is 5.26 Å². The Hall–Kier alpha value is -1.18. The molecule has 0 N–H and O–H groups in total. The Morgan fingerprint density at radius 2 is 2.35 bits per heavy atom. The number of thioether (sulfide) groups is 1. The maximum atomic E-state index is 11.1. The fourth-order valence-electron chi connectivity index (χ4n) is 1.25. The second-order valence-corrected chi connectivity index (χ2v) is 5.38. The zero-order chi connectivity index (χ0) is 12.8. The van der Waals surface area contributed by atoms with Gasteiger partial charge >= 0.3 is 5.97 Å². The molecular formula is C12H12ClNO2S. The molecule has 0 saturated carbocycles. The summed E-state index contributed by atoms with van der Waals surface area (Å²) in [5, 5.41) is 9.28. The molecule has 0 bridgehead atoms. The van der Waals surface area contributed by atoms with Crippen LogP contribution < -0.4 is 0 Å². The molecule has 0 aliphatic carbocycles. The molecule has 1 unspecified atom stereocenters. The summed E-state index contributed by atoms with van der Waals surface area (Å²) in [4.78, 5) is 12.0. The second-order valence-electron chi connectivity index (χ2n) is 3.46. The largest absolute Gasteiger partial charge is 0.469 e. The number of nitrogens with zero attached hydrogens (tertiary/aromatic N) is 1. The van der Waals surface area contributed by atoms with Crippen molar-refractivity contribution >= 4 is 29.3 Å². The number of carbonyl (C=O) groups excluding carboxylic acids is 1. The maximum absolute atomic E-state index is 11.1. The number of esters is 1. The van der Waals surface area contributed by atoms with Crippen LogP contribution in [0.15, 0.2) is 23.1 Å². The van der Waals surface area contributed by atoms with E-state index in [1.165, 1.54) is 18.9 Å². The summed E-state index contributed by atoms with van der Waals surface area (Å²) in [6, 6.07) is 7.23. The minimum atomic E-state index is -0.232. The molecule has 0 aliphatic heterocycles. The molecule has 0 aliphatic rings. The lowest BCUT2D eigenvalue weighted by Gasteiger charge is -2.10. The average Bonchev–Trinajstić information content (AvgIpc) is 2.29. The molecule has 1 atom stereocenters. The Kier molecular flexibility index (Phi) is 5.33. The van der Waals surface area contributed by atoms with Gasteiger partial charge in [0.1, 0.15) is 6.07 Å². The van der Waals surface area contributed by atoms with Crippen molar-refractivity contribution in [1.29, 1.82) is 5.26 Å². The molecule has 3 nitrogen and oxygen atoms in total. The first kappa shape index (κ1) is 13.9. The molecule has 0 saturated heterocycles. The fraction of sp³-hybridized carbons (Fsp3) is 0.333. The van der Waals surface area contributed by atoms with Gasteiger partial charge in [0, 0.05) is 10.1 Å². The van der Waals surface area contributed by atoms with Crippen LogP contribution in [0.1, 0.15) is 18.9 Å². The molecular weight excluding hydrogens is 258 g/mol. The number of ether oxygens (including phenoxy) is 1. The van der Waals surface area contributed by atoms with E-state index in [1.54, 1.807) is 12.1 Å². The lowest BCUT2D eigenvalue weighted by atomic mass is 10.2. The normalized spacial score (nSPS) is 11.6. The Balaban J connectivity index is 2.66. The molecule has 1 rings (SSSR count). The highest BCUT2D eigenvalue weighted by atomic mass is 35.5. The van der Waals surface area contributed by atoms with Crippen LogP contribution in [0.4, 0.5) is 0 Å². The van der Waals surface area contributed by atoms with Gasteiger partial charge < -0.3 is 4.74 Å². The van der Waals surface area contributed by atoms with Crippen LogP contribution in [0.5, 0.6) is 0 Å². The Morgan fingerprint density at radius 3 is 2.88 bits per heavy atom. The number of halogens is 1. The Labute approximate surface area is 110 Å². The molecule has 0 fully saturated rings. The minimum absolute atomic E-state index is 0.103. The van der Waals surface area contributed by atoms with E-state index in [2.05, 4.69) is 4.74 Å². The number of benzene rings is 1. The number of methoxy groups -OCH3 is 1. The van der Waals surface area contributed by atoms with Crippen molar-refractivity contribution in [2.24, 2.45) is 0 Å². The fourth-order valence-corrected chi connectivity index (χ4v) is 2.56. The van der Waals surface area contributed by atoms with Crippen molar-refractivity contribution in [2.45, 2.75) is 23.5 Å². The molecule has 0 aromatic heterocycles. The lowest BCUT2D eigenvalue weighted by molar-refractivity contribution is -0.140. The molecule has 0 radical (unpaired) electrons. The van der Waals surface area contributed by atoms with Gasteiger partial charge in [-0.1, -0.05) is 18.5 Å². The van der Waals surface area contributed by atoms with E-state index >= 15 is 0 Å². The van der Waals surface area contributed by atoms with E-state index in [0.717, 1.165) is 4.90 Å². The summed E-state index contributed by atoms with van der Waals surface area (Å²) < 4.78 is 4.60. The van der Waals surface area contributed by atoms with Crippen LogP contribution in [0, 0.1) is 11.3 Å². The summed E-state index contributed by atoms with van der Waals surface area (Å²) in [6.45, 7) is 1.94. The summed E-state index contributed by atoms with van der Waals surface area (Å²) in [5.74, 6) is -0.232.